The van der Waals surface area contributed by atoms with Gasteiger partial charge in [0.05, 0.1) is 5.02 Å². The van der Waals surface area contributed by atoms with Crippen molar-refractivity contribution in [2.24, 2.45) is 5.92 Å². The van der Waals surface area contributed by atoms with Crippen LogP contribution in [0.15, 0.2) is 18.2 Å². The first kappa shape index (κ1) is 13.3. The molecule has 0 amide bonds. The summed E-state index contributed by atoms with van der Waals surface area (Å²) in [6.07, 6.45) is 8.16. The van der Waals surface area contributed by atoms with Crippen LogP contribution in [0.4, 0.5) is 0 Å². The summed E-state index contributed by atoms with van der Waals surface area (Å²) >= 11 is 6.00. The zero-order valence-corrected chi connectivity index (χ0v) is 12.1. The van der Waals surface area contributed by atoms with Crippen LogP contribution < -0.4 is 0 Å². The van der Waals surface area contributed by atoms with E-state index in [9.17, 15) is 5.11 Å². The van der Waals surface area contributed by atoms with Crippen LogP contribution in [0.25, 0.3) is 0 Å². The fourth-order valence-corrected chi connectivity index (χ4v) is 4.02. The molecule has 0 aromatic heterocycles. The number of aromatic hydroxyl groups is 1. The summed E-state index contributed by atoms with van der Waals surface area (Å²) in [7, 11) is 0. The van der Waals surface area contributed by atoms with E-state index in [-0.39, 0.29) is 5.75 Å². The van der Waals surface area contributed by atoms with Crippen LogP contribution in [-0.2, 0) is 6.54 Å². The number of benzene rings is 1. The molecule has 3 rings (SSSR count). The highest BCUT2D eigenvalue weighted by molar-refractivity contribution is 6.32. The Bertz CT molecular complexity index is 446. The summed E-state index contributed by atoms with van der Waals surface area (Å²) in [4.78, 5) is 2.57. The third-order valence-corrected chi connectivity index (χ3v) is 5.11. The number of rotatable bonds is 2. The molecule has 1 aliphatic heterocycles. The Balaban J connectivity index is 1.76. The molecule has 1 aromatic rings. The molecule has 1 saturated heterocycles. The number of para-hydroxylation sites is 1. The fraction of sp³-hybridized carbons (Fsp3) is 0.625. The van der Waals surface area contributed by atoms with Crippen LogP contribution in [0.5, 0.6) is 5.75 Å². The van der Waals surface area contributed by atoms with Crippen molar-refractivity contribution < 1.29 is 5.11 Å². The molecule has 1 N–H and O–H groups in total. The smallest absolute Gasteiger partial charge is 0.138 e. The van der Waals surface area contributed by atoms with Crippen molar-refractivity contribution in [3.8, 4) is 5.75 Å². The Morgan fingerprint density at radius 1 is 1.16 bits per heavy atom. The predicted molar refractivity (Wildman–Crippen MR) is 78.5 cm³/mol. The molecule has 2 aliphatic rings. The van der Waals surface area contributed by atoms with Crippen molar-refractivity contribution >= 4 is 11.6 Å². The lowest BCUT2D eigenvalue weighted by Gasteiger charge is -2.44. The summed E-state index contributed by atoms with van der Waals surface area (Å²) in [5.41, 5.74) is 0.971. The average molecular weight is 280 g/mol. The monoisotopic (exact) mass is 279 g/mol. The molecule has 2 atom stereocenters. The summed E-state index contributed by atoms with van der Waals surface area (Å²) < 4.78 is 0. The van der Waals surface area contributed by atoms with Gasteiger partial charge in [-0.25, -0.2) is 0 Å². The molecule has 1 aliphatic carbocycles. The van der Waals surface area contributed by atoms with Gasteiger partial charge in [0, 0.05) is 18.2 Å². The van der Waals surface area contributed by atoms with E-state index in [4.69, 9.17) is 11.6 Å². The summed E-state index contributed by atoms with van der Waals surface area (Å²) in [5.74, 6) is 1.14. The van der Waals surface area contributed by atoms with Gasteiger partial charge in [0.1, 0.15) is 5.75 Å². The highest BCUT2D eigenvalue weighted by atomic mass is 35.5. The number of halogens is 1. The molecular weight excluding hydrogens is 258 g/mol. The van der Waals surface area contributed by atoms with Crippen molar-refractivity contribution in [3.63, 3.8) is 0 Å². The molecule has 1 aromatic carbocycles. The molecule has 1 saturated carbocycles. The quantitative estimate of drug-likeness (QED) is 0.877. The van der Waals surface area contributed by atoms with Crippen molar-refractivity contribution in [2.45, 2.75) is 51.1 Å². The highest BCUT2D eigenvalue weighted by Crippen LogP contribution is 2.37. The topological polar surface area (TPSA) is 23.5 Å². The number of hydrogen-bond acceptors (Lipinski definition) is 2. The van der Waals surface area contributed by atoms with E-state index in [1.807, 2.05) is 12.1 Å². The molecule has 0 radical (unpaired) electrons. The molecule has 0 bridgehead atoms. The molecule has 104 valence electrons. The second-order valence-electron chi connectivity index (χ2n) is 5.97. The van der Waals surface area contributed by atoms with Crippen LogP contribution in [0.2, 0.25) is 5.02 Å². The van der Waals surface area contributed by atoms with E-state index in [0.717, 1.165) is 30.6 Å². The SMILES string of the molecule is Oc1c(Cl)cccc1CN1CCC[C@H]2CCCC[C@H]21. The number of phenolic OH excluding ortho intramolecular Hbond substituents is 1. The highest BCUT2D eigenvalue weighted by Gasteiger charge is 2.33. The Kier molecular flexibility index (Phi) is 3.99. The zero-order valence-electron chi connectivity index (χ0n) is 11.3. The van der Waals surface area contributed by atoms with Gasteiger partial charge in [-0.05, 0) is 44.2 Å². The van der Waals surface area contributed by atoms with Crippen molar-refractivity contribution in [1.29, 1.82) is 0 Å². The van der Waals surface area contributed by atoms with Crippen LogP contribution in [0.1, 0.15) is 44.1 Å². The van der Waals surface area contributed by atoms with Gasteiger partial charge < -0.3 is 5.11 Å². The van der Waals surface area contributed by atoms with E-state index in [2.05, 4.69) is 4.90 Å². The summed E-state index contributed by atoms with van der Waals surface area (Å²) in [5, 5.41) is 10.5. The minimum atomic E-state index is 0.266. The summed E-state index contributed by atoms with van der Waals surface area (Å²) in [6.45, 7) is 2.00. The molecule has 2 fully saturated rings. The maximum absolute atomic E-state index is 10.1. The normalized spacial score (nSPS) is 28.1. The van der Waals surface area contributed by atoms with Crippen LogP contribution in [-0.4, -0.2) is 22.6 Å². The zero-order chi connectivity index (χ0) is 13.2. The number of fused-ring (bicyclic) bond motifs is 1. The Hall–Kier alpha value is -0.730. The van der Waals surface area contributed by atoms with Crippen molar-refractivity contribution in [2.75, 3.05) is 6.54 Å². The minimum Gasteiger partial charge on any atom is -0.506 e. The lowest BCUT2D eigenvalue weighted by Crippen LogP contribution is -2.46. The van der Waals surface area contributed by atoms with Crippen molar-refractivity contribution in [1.82, 2.24) is 4.90 Å². The van der Waals surface area contributed by atoms with E-state index in [1.54, 1.807) is 6.07 Å². The first-order valence-corrected chi connectivity index (χ1v) is 7.84. The second-order valence-corrected chi connectivity index (χ2v) is 6.38. The lowest BCUT2D eigenvalue weighted by atomic mass is 9.78. The minimum absolute atomic E-state index is 0.266. The van der Waals surface area contributed by atoms with Gasteiger partial charge in [-0.1, -0.05) is 36.6 Å². The van der Waals surface area contributed by atoms with Gasteiger partial charge in [-0.3, -0.25) is 4.90 Å². The van der Waals surface area contributed by atoms with E-state index >= 15 is 0 Å². The Labute approximate surface area is 120 Å². The van der Waals surface area contributed by atoms with E-state index < -0.39 is 0 Å². The van der Waals surface area contributed by atoms with Gasteiger partial charge in [-0.2, -0.15) is 0 Å². The number of phenols is 1. The summed E-state index contributed by atoms with van der Waals surface area (Å²) in [6, 6.07) is 6.40. The molecular formula is C16H22ClNO. The molecule has 19 heavy (non-hydrogen) atoms. The number of hydrogen-bond donors (Lipinski definition) is 1. The van der Waals surface area contributed by atoms with Crippen LogP contribution in [0.3, 0.4) is 0 Å². The maximum Gasteiger partial charge on any atom is 0.138 e. The molecule has 0 unspecified atom stereocenters. The fourth-order valence-electron chi connectivity index (χ4n) is 3.83. The maximum atomic E-state index is 10.1. The lowest BCUT2D eigenvalue weighted by molar-refractivity contribution is 0.0541. The van der Waals surface area contributed by atoms with Gasteiger partial charge >= 0.3 is 0 Å². The van der Waals surface area contributed by atoms with E-state index in [0.29, 0.717) is 5.02 Å². The molecule has 1 heterocycles. The van der Waals surface area contributed by atoms with Crippen molar-refractivity contribution in [3.05, 3.63) is 28.8 Å². The molecule has 2 nitrogen and oxygen atoms in total. The van der Waals surface area contributed by atoms with Gasteiger partial charge in [0.2, 0.25) is 0 Å². The second kappa shape index (κ2) is 5.72. The first-order valence-electron chi connectivity index (χ1n) is 7.46. The van der Waals surface area contributed by atoms with Crippen LogP contribution in [0, 0.1) is 5.92 Å². The largest absolute Gasteiger partial charge is 0.506 e. The third kappa shape index (κ3) is 2.75. The van der Waals surface area contributed by atoms with Crippen LogP contribution >= 0.6 is 11.6 Å². The van der Waals surface area contributed by atoms with Gasteiger partial charge in [0.25, 0.3) is 0 Å². The molecule has 3 heteroatoms. The van der Waals surface area contributed by atoms with Gasteiger partial charge in [0.15, 0.2) is 0 Å². The first-order chi connectivity index (χ1) is 9.25. The Morgan fingerprint density at radius 3 is 2.84 bits per heavy atom. The van der Waals surface area contributed by atoms with E-state index in [1.165, 1.54) is 38.5 Å². The average Bonchev–Trinajstić information content (AvgIpc) is 2.44. The number of piperidine rings is 1. The molecule has 0 spiro atoms. The number of nitrogens with zero attached hydrogens (tertiary/aromatic N) is 1. The predicted octanol–water partition coefficient (Wildman–Crippen LogP) is 4.20. The Morgan fingerprint density at radius 2 is 1.95 bits per heavy atom. The third-order valence-electron chi connectivity index (χ3n) is 4.80. The van der Waals surface area contributed by atoms with Gasteiger partial charge in [-0.15, -0.1) is 0 Å². The number of likely N-dealkylation sites (tertiary alicyclic amines) is 1. The standard InChI is InChI=1S/C16H22ClNO/c17-14-8-3-6-13(16(14)19)11-18-10-4-7-12-5-1-2-9-15(12)18/h3,6,8,12,15,19H,1-2,4-5,7,9-11H2/t12-,15-/m1/s1.